The van der Waals surface area contributed by atoms with Crippen molar-refractivity contribution in [3.63, 3.8) is 0 Å². The Kier molecular flexibility index (Phi) is 7.08. The van der Waals surface area contributed by atoms with Gasteiger partial charge in [-0.3, -0.25) is 4.99 Å². The molecule has 1 saturated carbocycles. The van der Waals surface area contributed by atoms with Crippen molar-refractivity contribution in [2.45, 2.75) is 25.0 Å². The van der Waals surface area contributed by atoms with Gasteiger partial charge in [-0.15, -0.1) is 0 Å². The summed E-state index contributed by atoms with van der Waals surface area (Å²) in [5, 5.41) is 7.03. The summed E-state index contributed by atoms with van der Waals surface area (Å²) in [4.78, 5) is 6.41. The van der Waals surface area contributed by atoms with Gasteiger partial charge in [0, 0.05) is 59.1 Å². The van der Waals surface area contributed by atoms with Crippen LogP contribution in [-0.2, 0) is 20.5 Å². The van der Waals surface area contributed by atoms with Gasteiger partial charge in [-0.05, 0) is 25.2 Å². The van der Waals surface area contributed by atoms with E-state index in [0.29, 0.717) is 31.9 Å². The van der Waals surface area contributed by atoms with Crippen LogP contribution < -0.4 is 5.32 Å². The largest absolute Gasteiger partial charge is 0.381 e. The van der Waals surface area contributed by atoms with Crippen LogP contribution in [0, 0.1) is 5.92 Å². The fourth-order valence-corrected chi connectivity index (χ4v) is 4.43. The Hall–Kier alpha value is -1.65. The monoisotopic (exact) mass is 399 g/mol. The van der Waals surface area contributed by atoms with Crippen molar-refractivity contribution in [2.24, 2.45) is 10.9 Å². The number of nitrogens with one attached hydrogen (secondary N) is 1. The minimum Gasteiger partial charge on any atom is -0.381 e. The van der Waals surface area contributed by atoms with Crippen molar-refractivity contribution >= 4 is 16.0 Å². The normalized spacial score (nSPS) is 19.4. The lowest BCUT2D eigenvalue weighted by atomic mass is 10.4. The molecule has 0 unspecified atom stereocenters. The lowest BCUT2D eigenvalue weighted by Crippen LogP contribution is -2.54. The van der Waals surface area contributed by atoms with E-state index in [-0.39, 0.29) is 5.75 Å². The Balaban J connectivity index is 1.37. The molecule has 0 radical (unpaired) electrons. The van der Waals surface area contributed by atoms with Crippen LogP contribution in [0.25, 0.3) is 0 Å². The van der Waals surface area contributed by atoms with E-state index < -0.39 is 10.0 Å². The molecule has 1 N–H and O–H groups in total. The number of aromatic nitrogens is 1. The molecule has 0 amide bonds. The minimum atomic E-state index is -3.38. The first-order valence-corrected chi connectivity index (χ1v) is 11.1. The van der Waals surface area contributed by atoms with Crippen molar-refractivity contribution < 1.29 is 17.7 Å². The van der Waals surface area contributed by atoms with E-state index in [1.54, 1.807) is 13.1 Å². The molecule has 9 nitrogen and oxygen atoms in total. The van der Waals surface area contributed by atoms with Crippen LogP contribution in [0.5, 0.6) is 0 Å². The standard InChI is InChI=1S/C17H29N5O4S/c1-18-17(19-6-2-11-25-13-15-3-4-15)21-7-9-22(10-8-21)27(23,24)14-16-5-12-26-20-16/h5,12,15H,2-4,6-11,13-14H2,1H3,(H,18,19). The van der Waals surface area contributed by atoms with Crippen molar-refractivity contribution in [1.82, 2.24) is 19.7 Å². The van der Waals surface area contributed by atoms with Gasteiger partial charge in [0.2, 0.25) is 10.0 Å². The maximum absolute atomic E-state index is 12.5. The van der Waals surface area contributed by atoms with E-state index in [4.69, 9.17) is 9.26 Å². The molecule has 152 valence electrons. The molecule has 0 atom stereocenters. The van der Waals surface area contributed by atoms with E-state index in [1.165, 1.54) is 23.4 Å². The van der Waals surface area contributed by atoms with E-state index in [2.05, 4.69) is 20.4 Å². The Morgan fingerprint density at radius 1 is 1.37 bits per heavy atom. The van der Waals surface area contributed by atoms with Gasteiger partial charge in [0.15, 0.2) is 5.96 Å². The fraction of sp³-hybridized carbons (Fsp3) is 0.765. The van der Waals surface area contributed by atoms with Gasteiger partial charge >= 0.3 is 0 Å². The smallest absolute Gasteiger partial charge is 0.220 e. The Bertz CT molecular complexity index is 695. The molecule has 1 aliphatic heterocycles. The van der Waals surface area contributed by atoms with Crippen molar-refractivity contribution in [1.29, 1.82) is 0 Å². The van der Waals surface area contributed by atoms with Crippen LogP contribution in [0.4, 0.5) is 0 Å². The lowest BCUT2D eigenvalue weighted by Gasteiger charge is -2.35. The summed E-state index contributed by atoms with van der Waals surface area (Å²) in [6.07, 6.45) is 4.93. The molecule has 2 heterocycles. The van der Waals surface area contributed by atoms with Gasteiger partial charge in [-0.2, -0.15) is 4.31 Å². The molecule has 0 aromatic carbocycles. The number of hydrogen-bond acceptors (Lipinski definition) is 6. The second kappa shape index (κ2) is 9.52. The Morgan fingerprint density at radius 2 is 2.15 bits per heavy atom. The average Bonchev–Trinajstić information content (AvgIpc) is 3.36. The molecule has 0 bridgehead atoms. The number of rotatable bonds is 9. The molecular formula is C17H29N5O4S. The highest BCUT2D eigenvalue weighted by atomic mass is 32.2. The first-order chi connectivity index (χ1) is 13.1. The summed E-state index contributed by atoms with van der Waals surface area (Å²) in [6, 6.07) is 1.58. The van der Waals surface area contributed by atoms with Gasteiger partial charge in [0.05, 0.1) is 5.69 Å². The van der Waals surface area contributed by atoms with E-state index in [9.17, 15) is 8.42 Å². The molecule has 2 aliphatic rings. The maximum Gasteiger partial charge on any atom is 0.220 e. The molecule has 27 heavy (non-hydrogen) atoms. The third kappa shape index (κ3) is 6.18. The highest BCUT2D eigenvalue weighted by molar-refractivity contribution is 7.88. The molecular weight excluding hydrogens is 370 g/mol. The number of piperazine rings is 1. The van der Waals surface area contributed by atoms with E-state index in [0.717, 1.165) is 38.1 Å². The number of guanidine groups is 1. The minimum absolute atomic E-state index is 0.128. The summed E-state index contributed by atoms with van der Waals surface area (Å²) in [5.41, 5.74) is 0.429. The second-order valence-corrected chi connectivity index (χ2v) is 8.95. The van der Waals surface area contributed by atoms with Gasteiger partial charge in [0.25, 0.3) is 0 Å². The van der Waals surface area contributed by atoms with Gasteiger partial charge in [-0.25, -0.2) is 8.42 Å². The van der Waals surface area contributed by atoms with Crippen LogP contribution in [-0.4, -0.2) is 81.7 Å². The molecule has 1 saturated heterocycles. The molecule has 3 rings (SSSR count). The molecule has 10 heteroatoms. The van der Waals surface area contributed by atoms with E-state index in [1.807, 2.05) is 0 Å². The zero-order valence-corrected chi connectivity index (χ0v) is 16.7. The van der Waals surface area contributed by atoms with Gasteiger partial charge in [-0.1, -0.05) is 5.16 Å². The maximum atomic E-state index is 12.5. The summed E-state index contributed by atoms with van der Waals surface area (Å²) in [7, 11) is -1.63. The summed E-state index contributed by atoms with van der Waals surface area (Å²) in [5.74, 6) is 1.48. The predicted molar refractivity (Wildman–Crippen MR) is 102 cm³/mol. The number of aliphatic imine (C=N–C) groups is 1. The number of nitrogens with zero attached hydrogens (tertiary/aromatic N) is 4. The molecule has 0 spiro atoms. The number of sulfonamides is 1. The van der Waals surface area contributed by atoms with Gasteiger partial charge < -0.3 is 19.5 Å². The first-order valence-electron chi connectivity index (χ1n) is 9.49. The lowest BCUT2D eigenvalue weighted by molar-refractivity contribution is 0.122. The van der Waals surface area contributed by atoms with Crippen molar-refractivity contribution in [3.05, 3.63) is 18.0 Å². The van der Waals surface area contributed by atoms with E-state index >= 15 is 0 Å². The molecule has 1 aromatic heterocycles. The average molecular weight is 400 g/mol. The Labute approximate surface area is 160 Å². The Morgan fingerprint density at radius 3 is 2.78 bits per heavy atom. The second-order valence-electron chi connectivity index (χ2n) is 6.98. The summed E-state index contributed by atoms with van der Waals surface area (Å²) < 4.78 is 36.8. The molecule has 1 aliphatic carbocycles. The van der Waals surface area contributed by atoms with Crippen LogP contribution in [0.2, 0.25) is 0 Å². The number of hydrogen-bond donors (Lipinski definition) is 1. The fourth-order valence-electron chi connectivity index (χ4n) is 3.01. The zero-order chi connectivity index (χ0) is 19.1. The van der Waals surface area contributed by atoms with Crippen molar-refractivity contribution in [2.75, 3.05) is 53.0 Å². The van der Waals surface area contributed by atoms with Crippen molar-refractivity contribution in [3.8, 4) is 0 Å². The van der Waals surface area contributed by atoms with Gasteiger partial charge in [0.1, 0.15) is 12.0 Å². The van der Waals surface area contributed by atoms with Crippen LogP contribution in [0.1, 0.15) is 25.0 Å². The first kappa shape index (κ1) is 20.1. The van der Waals surface area contributed by atoms with Crippen LogP contribution in [0.15, 0.2) is 21.8 Å². The molecule has 2 fully saturated rings. The summed E-state index contributed by atoms with van der Waals surface area (Å²) in [6.45, 7) is 4.53. The quantitative estimate of drug-likeness (QED) is 0.367. The highest BCUT2D eigenvalue weighted by Gasteiger charge is 2.29. The molecule has 1 aromatic rings. The predicted octanol–water partition coefficient (Wildman–Crippen LogP) is 0.514. The third-order valence-electron chi connectivity index (χ3n) is 4.76. The highest BCUT2D eigenvalue weighted by Crippen LogP contribution is 2.28. The topological polar surface area (TPSA) is 100 Å². The third-order valence-corrected chi connectivity index (χ3v) is 6.58. The summed E-state index contributed by atoms with van der Waals surface area (Å²) >= 11 is 0. The van der Waals surface area contributed by atoms with Crippen LogP contribution in [0.3, 0.4) is 0 Å². The number of ether oxygens (including phenoxy) is 1. The van der Waals surface area contributed by atoms with Crippen LogP contribution >= 0.6 is 0 Å². The zero-order valence-electron chi connectivity index (χ0n) is 15.8. The SMILES string of the molecule is CN=C(NCCCOCC1CC1)N1CCN(S(=O)(=O)Cc2ccon2)CC1.